The first-order valence-electron chi connectivity index (χ1n) is 8.05. The van der Waals surface area contributed by atoms with Crippen LogP contribution in [0.25, 0.3) is 0 Å². The summed E-state index contributed by atoms with van der Waals surface area (Å²) in [4.78, 5) is 0. The first-order chi connectivity index (χ1) is 9.49. The summed E-state index contributed by atoms with van der Waals surface area (Å²) >= 11 is 0. The molecule has 2 fully saturated rings. The van der Waals surface area contributed by atoms with Gasteiger partial charge in [-0.15, -0.1) is 0 Å². The second kappa shape index (κ2) is 4.99. The van der Waals surface area contributed by atoms with Gasteiger partial charge in [-0.2, -0.15) is 0 Å². The van der Waals surface area contributed by atoms with Crippen molar-refractivity contribution in [2.45, 2.75) is 52.7 Å². The van der Waals surface area contributed by atoms with Crippen molar-refractivity contribution in [2.24, 2.45) is 22.7 Å². The van der Waals surface area contributed by atoms with Crippen LogP contribution in [-0.2, 0) is 9.47 Å². The van der Waals surface area contributed by atoms with E-state index < -0.39 is 0 Å². The molecule has 112 valence electrons. The summed E-state index contributed by atoms with van der Waals surface area (Å²) in [6, 6.07) is 0. The molecule has 1 saturated heterocycles. The smallest absolute Gasteiger partial charge is 0.165 e. The van der Waals surface area contributed by atoms with E-state index in [-0.39, 0.29) is 11.7 Å². The van der Waals surface area contributed by atoms with E-state index in [0.717, 1.165) is 13.2 Å². The highest BCUT2D eigenvalue weighted by molar-refractivity contribution is 5.28. The minimum absolute atomic E-state index is 0.0686. The fourth-order valence-electron chi connectivity index (χ4n) is 5.14. The van der Waals surface area contributed by atoms with Crippen LogP contribution in [0.15, 0.2) is 24.3 Å². The van der Waals surface area contributed by atoms with Crippen molar-refractivity contribution in [3.63, 3.8) is 0 Å². The van der Waals surface area contributed by atoms with E-state index in [9.17, 15) is 0 Å². The van der Waals surface area contributed by atoms with Crippen LogP contribution in [0.2, 0.25) is 0 Å². The van der Waals surface area contributed by atoms with Gasteiger partial charge in [0.05, 0.1) is 13.2 Å². The zero-order chi connectivity index (χ0) is 14.4. The second-order valence-electron chi connectivity index (χ2n) is 7.63. The number of fused-ring (bicyclic) bond motifs is 1. The quantitative estimate of drug-likeness (QED) is 0.747. The molecule has 1 saturated carbocycles. The molecular weight excluding hydrogens is 248 g/mol. The van der Waals surface area contributed by atoms with Crippen molar-refractivity contribution >= 4 is 0 Å². The molecule has 2 heteroatoms. The van der Waals surface area contributed by atoms with Gasteiger partial charge in [-0.05, 0) is 41.6 Å². The first kappa shape index (κ1) is 14.3. The van der Waals surface area contributed by atoms with E-state index in [4.69, 9.17) is 9.47 Å². The minimum Gasteiger partial charge on any atom is -0.350 e. The minimum atomic E-state index is -0.0686. The molecule has 2 nitrogen and oxygen atoms in total. The summed E-state index contributed by atoms with van der Waals surface area (Å²) in [5, 5.41) is 0. The Morgan fingerprint density at radius 1 is 1.20 bits per heavy atom. The van der Waals surface area contributed by atoms with Gasteiger partial charge < -0.3 is 9.47 Å². The van der Waals surface area contributed by atoms with E-state index >= 15 is 0 Å². The monoisotopic (exact) mass is 276 g/mol. The van der Waals surface area contributed by atoms with Gasteiger partial charge in [-0.1, -0.05) is 45.9 Å². The maximum Gasteiger partial charge on any atom is 0.165 e. The molecular formula is C18H28O2. The topological polar surface area (TPSA) is 18.5 Å². The number of hydrogen-bond donors (Lipinski definition) is 0. The Morgan fingerprint density at radius 2 is 1.90 bits per heavy atom. The normalized spacial score (nSPS) is 41.0. The number of rotatable bonds is 2. The third kappa shape index (κ3) is 2.08. The highest BCUT2D eigenvalue weighted by Gasteiger charge is 2.55. The van der Waals surface area contributed by atoms with E-state index in [1.54, 1.807) is 0 Å². The van der Waals surface area contributed by atoms with Crippen LogP contribution in [0.4, 0.5) is 0 Å². The summed E-state index contributed by atoms with van der Waals surface area (Å²) in [6.07, 6.45) is 9.45. The maximum atomic E-state index is 5.90. The second-order valence-corrected chi connectivity index (χ2v) is 7.63. The predicted molar refractivity (Wildman–Crippen MR) is 81.3 cm³/mol. The fraction of sp³-hybridized carbons (Fsp3) is 0.778. The maximum absolute atomic E-state index is 5.90. The van der Waals surface area contributed by atoms with Crippen LogP contribution in [0.3, 0.4) is 0 Å². The fourth-order valence-corrected chi connectivity index (χ4v) is 5.14. The van der Waals surface area contributed by atoms with Gasteiger partial charge in [0.15, 0.2) is 6.29 Å². The Labute approximate surface area is 123 Å². The molecule has 1 heterocycles. The lowest BCUT2D eigenvalue weighted by molar-refractivity contribution is -0.147. The Morgan fingerprint density at radius 3 is 2.55 bits per heavy atom. The van der Waals surface area contributed by atoms with Gasteiger partial charge in [0.1, 0.15) is 0 Å². The van der Waals surface area contributed by atoms with Crippen LogP contribution >= 0.6 is 0 Å². The van der Waals surface area contributed by atoms with Crippen molar-refractivity contribution in [1.29, 1.82) is 0 Å². The van der Waals surface area contributed by atoms with E-state index in [1.165, 1.54) is 31.3 Å². The van der Waals surface area contributed by atoms with Crippen LogP contribution in [-0.4, -0.2) is 19.5 Å². The molecule has 3 atom stereocenters. The molecule has 0 amide bonds. The Bertz CT molecular complexity index is 417. The van der Waals surface area contributed by atoms with Crippen molar-refractivity contribution in [1.82, 2.24) is 0 Å². The van der Waals surface area contributed by atoms with E-state index in [0.29, 0.717) is 17.3 Å². The van der Waals surface area contributed by atoms with Crippen LogP contribution in [0.1, 0.15) is 46.5 Å². The Kier molecular flexibility index (Phi) is 3.58. The molecule has 0 aromatic heterocycles. The molecule has 0 unspecified atom stereocenters. The number of hydrogen-bond acceptors (Lipinski definition) is 2. The highest BCUT2D eigenvalue weighted by atomic mass is 16.7. The molecule has 0 aromatic rings. The van der Waals surface area contributed by atoms with Gasteiger partial charge in [0.25, 0.3) is 0 Å². The van der Waals surface area contributed by atoms with Crippen molar-refractivity contribution in [3.05, 3.63) is 24.3 Å². The average molecular weight is 276 g/mol. The van der Waals surface area contributed by atoms with Crippen molar-refractivity contribution < 1.29 is 9.47 Å². The van der Waals surface area contributed by atoms with Crippen molar-refractivity contribution in [3.8, 4) is 0 Å². The third-order valence-electron chi connectivity index (χ3n) is 6.09. The molecule has 2 aliphatic carbocycles. The average Bonchev–Trinajstić information content (AvgIpc) is 2.89. The van der Waals surface area contributed by atoms with E-state index in [2.05, 4.69) is 33.4 Å². The molecule has 1 aliphatic heterocycles. The number of allylic oxidation sites excluding steroid dienone is 2. The Hall–Kier alpha value is -0.600. The van der Waals surface area contributed by atoms with Gasteiger partial charge in [-0.25, -0.2) is 0 Å². The van der Waals surface area contributed by atoms with Gasteiger partial charge in [0, 0.05) is 5.92 Å². The lowest BCUT2D eigenvalue weighted by atomic mass is 9.48. The molecule has 0 bridgehead atoms. The molecule has 0 spiro atoms. The van der Waals surface area contributed by atoms with Crippen molar-refractivity contribution in [2.75, 3.05) is 13.2 Å². The standard InChI is InChI=1S/C18H28O2/c1-5-13-7-8-14-17(2,3)9-6-10-18(14,4)15(13)16-19-11-12-20-16/h5,7,14-16H,1,6,8-12H2,2-4H3/t14-,15+,18-/m0/s1. The number of ether oxygens (including phenoxy) is 2. The van der Waals surface area contributed by atoms with Crippen LogP contribution < -0.4 is 0 Å². The third-order valence-corrected chi connectivity index (χ3v) is 6.09. The van der Waals surface area contributed by atoms with E-state index in [1.807, 2.05) is 6.08 Å². The zero-order valence-electron chi connectivity index (χ0n) is 13.2. The molecule has 0 aromatic carbocycles. The molecule has 3 rings (SSSR count). The lowest BCUT2D eigenvalue weighted by Crippen LogP contribution is -2.52. The molecule has 0 N–H and O–H groups in total. The summed E-state index contributed by atoms with van der Waals surface area (Å²) in [5.74, 6) is 1.06. The zero-order valence-corrected chi connectivity index (χ0v) is 13.2. The lowest BCUT2D eigenvalue weighted by Gasteiger charge is -2.57. The summed E-state index contributed by atoms with van der Waals surface area (Å²) < 4.78 is 11.8. The van der Waals surface area contributed by atoms with Gasteiger partial charge in [-0.3, -0.25) is 0 Å². The Balaban J connectivity index is 2.01. The predicted octanol–water partition coefficient (Wildman–Crippen LogP) is 4.32. The summed E-state index contributed by atoms with van der Waals surface area (Å²) in [6.45, 7) is 12.8. The molecule has 3 aliphatic rings. The largest absolute Gasteiger partial charge is 0.350 e. The highest BCUT2D eigenvalue weighted by Crippen LogP contribution is 2.61. The van der Waals surface area contributed by atoms with Gasteiger partial charge >= 0.3 is 0 Å². The van der Waals surface area contributed by atoms with Crippen LogP contribution in [0.5, 0.6) is 0 Å². The SMILES string of the molecule is C=CC1=CC[C@H]2C(C)(C)CCC[C@]2(C)[C@H]1C1OCCO1. The first-order valence-corrected chi connectivity index (χ1v) is 8.05. The molecule has 0 radical (unpaired) electrons. The summed E-state index contributed by atoms with van der Waals surface area (Å²) in [7, 11) is 0. The van der Waals surface area contributed by atoms with Gasteiger partial charge in [0.2, 0.25) is 0 Å². The molecule has 20 heavy (non-hydrogen) atoms. The summed E-state index contributed by atoms with van der Waals surface area (Å²) in [5.41, 5.74) is 2.02. The van der Waals surface area contributed by atoms with Crippen LogP contribution in [0, 0.1) is 22.7 Å².